The first-order valence-electron chi connectivity index (χ1n) is 8.48. The van der Waals surface area contributed by atoms with E-state index in [0.717, 1.165) is 18.7 Å². The van der Waals surface area contributed by atoms with Gasteiger partial charge in [-0.25, -0.2) is 23.5 Å². The van der Waals surface area contributed by atoms with Gasteiger partial charge < -0.3 is 15.0 Å². The minimum atomic E-state index is -3.70. The van der Waals surface area contributed by atoms with E-state index in [9.17, 15) is 13.2 Å². The Morgan fingerprint density at radius 1 is 1.15 bits per heavy atom. The Labute approximate surface area is 157 Å². The molecule has 0 aliphatic carbocycles. The SMILES string of the molecule is NS(=O)(=O)c1ccc(CCNC(=O)c2cnc(N3CCOCC3)nc2)cc1. The number of primary sulfonamides is 1. The molecule has 2 aromatic rings. The number of hydrogen-bond donors (Lipinski definition) is 2. The van der Waals surface area contributed by atoms with Crippen molar-refractivity contribution < 1.29 is 17.9 Å². The van der Waals surface area contributed by atoms with Crippen molar-refractivity contribution in [3.63, 3.8) is 0 Å². The number of carbonyl (C=O) groups is 1. The van der Waals surface area contributed by atoms with Crippen LogP contribution in [0, 0.1) is 0 Å². The van der Waals surface area contributed by atoms with Gasteiger partial charge in [0.15, 0.2) is 0 Å². The van der Waals surface area contributed by atoms with Crippen molar-refractivity contribution in [2.24, 2.45) is 5.14 Å². The third-order valence-electron chi connectivity index (χ3n) is 4.15. The van der Waals surface area contributed by atoms with Crippen LogP contribution in [0.1, 0.15) is 15.9 Å². The average molecular weight is 391 g/mol. The number of benzene rings is 1. The monoisotopic (exact) mass is 391 g/mol. The van der Waals surface area contributed by atoms with Gasteiger partial charge in [0.25, 0.3) is 5.91 Å². The highest BCUT2D eigenvalue weighted by Crippen LogP contribution is 2.10. The van der Waals surface area contributed by atoms with E-state index in [1.807, 2.05) is 4.90 Å². The molecule has 0 spiro atoms. The summed E-state index contributed by atoms with van der Waals surface area (Å²) in [6, 6.07) is 6.24. The lowest BCUT2D eigenvalue weighted by Crippen LogP contribution is -2.37. The molecule has 0 atom stereocenters. The highest BCUT2D eigenvalue weighted by Gasteiger charge is 2.14. The molecule has 3 rings (SSSR count). The molecule has 2 heterocycles. The number of sulfonamides is 1. The summed E-state index contributed by atoms with van der Waals surface area (Å²) >= 11 is 0. The number of rotatable bonds is 6. The van der Waals surface area contributed by atoms with Crippen LogP contribution in [-0.2, 0) is 21.2 Å². The summed E-state index contributed by atoms with van der Waals surface area (Å²) in [5.41, 5.74) is 1.28. The zero-order chi connectivity index (χ0) is 19.3. The van der Waals surface area contributed by atoms with E-state index in [0.29, 0.717) is 37.7 Å². The highest BCUT2D eigenvalue weighted by molar-refractivity contribution is 7.89. The van der Waals surface area contributed by atoms with Gasteiger partial charge >= 0.3 is 0 Å². The van der Waals surface area contributed by atoms with Gasteiger partial charge in [-0.15, -0.1) is 0 Å². The molecule has 144 valence electrons. The van der Waals surface area contributed by atoms with Crippen molar-refractivity contribution in [3.8, 4) is 0 Å². The minimum absolute atomic E-state index is 0.0628. The van der Waals surface area contributed by atoms with Gasteiger partial charge in [0.2, 0.25) is 16.0 Å². The molecule has 27 heavy (non-hydrogen) atoms. The van der Waals surface area contributed by atoms with Crippen LogP contribution in [0.4, 0.5) is 5.95 Å². The second-order valence-electron chi connectivity index (χ2n) is 6.07. The zero-order valence-corrected chi connectivity index (χ0v) is 15.5. The summed E-state index contributed by atoms with van der Waals surface area (Å²) in [5.74, 6) is 0.328. The smallest absolute Gasteiger partial charge is 0.254 e. The van der Waals surface area contributed by atoms with Gasteiger partial charge in [-0.3, -0.25) is 4.79 Å². The van der Waals surface area contributed by atoms with Crippen LogP contribution in [0.5, 0.6) is 0 Å². The highest BCUT2D eigenvalue weighted by atomic mass is 32.2. The van der Waals surface area contributed by atoms with Crippen molar-refractivity contribution in [1.82, 2.24) is 15.3 Å². The van der Waals surface area contributed by atoms with E-state index in [1.165, 1.54) is 24.5 Å². The maximum atomic E-state index is 12.2. The van der Waals surface area contributed by atoms with Crippen LogP contribution in [0.25, 0.3) is 0 Å². The molecule has 9 nitrogen and oxygen atoms in total. The lowest BCUT2D eigenvalue weighted by molar-refractivity contribution is 0.0953. The number of nitrogens with one attached hydrogen (secondary N) is 1. The van der Waals surface area contributed by atoms with Gasteiger partial charge in [0.05, 0.1) is 23.7 Å². The fourth-order valence-electron chi connectivity index (χ4n) is 2.63. The van der Waals surface area contributed by atoms with Crippen LogP contribution < -0.4 is 15.4 Å². The Balaban J connectivity index is 1.50. The van der Waals surface area contributed by atoms with Crippen LogP contribution in [-0.4, -0.2) is 57.1 Å². The van der Waals surface area contributed by atoms with Crippen LogP contribution >= 0.6 is 0 Å². The van der Waals surface area contributed by atoms with Crippen molar-refractivity contribution in [1.29, 1.82) is 0 Å². The number of nitrogens with zero attached hydrogens (tertiary/aromatic N) is 3. The van der Waals surface area contributed by atoms with Crippen LogP contribution in [0.2, 0.25) is 0 Å². The lowest BCUT2D eigenvalue weighted by atomic mass is 10.1. The second kappa shape index (κ2) is 8.42. The summed E-state index contributed by atoms with van der Waals surface area (Å²) in [7, 11) is -3.70. The molecule has 1 aliphatic heterocycles. The van der Waals surface area contributed by atoms with E-state index in [1.54, 1.807) is 12.1 Å². The molecule has 0 bridgehead atoms. The molecular weight excluding hydrogens is 370 g/mol. The number of aromatic nitrogens is 2. The maximum absolute atomic E-state index is 12.2. The Bertz CT molecular complexity index is 879. The predicted octanol–water partition coefficient (Wildman–Crippen LogP) is -0.0669. The van der Waals surface area contributed by atoms with Gasteiger partial charge in [-0.05, 0) is 24.1 Å². The Hall–Kier alpha value is -2.56. The summed E-state index contributed by atoms with van der Waals surface area (Å²) in [5, 5.41) is 7.86. The summed E-state index contributed by atoms with van der Waals surface area (Å²) in [4.78, 5) is 22.8. The molecule has 1 aromatic heterocycles. The average Bonchev–Trinajstić information content (AvgIpc) is 2.68. The van der Waals surface area contributed by atoms with E-state index in [4.69, 9.17) is 9.88 Å². The number of amides is 1. The molecular formula is C17H21N5O4S. The first kappa shape index (κ1) is 19.2. The summed E-state index contributed by atoms with van der Waals surface area (Å²) in [6.07, 6.45) is 3.57. The summed E-state index contributed by atoms with van der Waals surface area (Å²) in [6.45, 7) is 3.15. The van der Waals surface area contributed by atoms with Crippen LogP contribution in [0.3, 0.4) is 0 Å². The van der Waals surface area contributed by atoms with Crippen LogP contribution in [0.15, 0.2) is 41.6 Å². The Kier molecular flexibility index (Phi) is 5.99. The first-order valence-corrected chi connectivity index (χ1v) is 10.0. The van der Waals surface area contributed by atoms with Crippen molar-refractivity contribution in [2.75, 3.05) is 37.7 Å². The largest absolute Gasteiger partial charge is 0.378 e. The fourth-order valence-corrected chi connectivity index (χ4v) is 3.15. The molecule has 1 aliphatic rings. The molecule has 0 unspecified atom stereocenters. The van der Waals surface area contributed by atoms with E-state index >= 15 is 0 Å². The topological polar surface area (TPSA) is 128 Å². The van der Waals surface area contributed by atoms with Crippen molar-refractivity contribution >= 4 is 21.9 Å². The molecule has 1 saturated heterocycles. The normalized spacial score (nSPS) is 14.8. The number of hydrogen-bond acceptors (Lipinski definition) is 7. The third-order valence-corrected chi connectivity index (χ3v) is 5.07. The van der Waals surface area contributed by atoms with E-state index in [-0.39, 0.29) is 10.8 Å². The molecule has 10 heteroatoms. The van der Waals surface area contributed by atoms with Crippen molar-refractivity contribution in [3.05, 3.63) is 47.8 Å². The summed E-state index contributed by atoms with van der Waals surface area (Å²) < 4.78 is 27.7. The second-order valence-corrected chi connectivity index (χ2v) is 7.63. The first-order chi connectivity index (χ1) is 12.9. The fraction of sp³-hybridized carbons (Fsp3) is 0.353. The molecule has 1 amide bonds. The van der Waals surface area contributed by atoms with Gasteiger partial charge in [0, 0.05) is 32.0 Å². The van der Waals surface area contributed by atoms with E-state index in [2.05, 4.69) is 15.3 Å². The molecule has 1 aromatic carbocycles. The van der Waals surface area contributed by atoms with E-state index < -0.39 is 10.0 Å². The molecule has 0 saturated carbocycles. The predicted molar refractivity (Wildman–Crippen MR) is 98.9 cm³/mol. The zero-order valence-electron chi connectivity index (χ0n) is 14.7. The quantitative estimate of drug-likeness (QED) is 0.706. The van der Waals surface area contributed by atoms with Gasteiger partial charge in [-0.1, -0.05) is 12.1 Å². The molecule has 1 fully saturated rings. The van der Waals surface area contributed by atoms with Crippen molar-refractivity contribution in [2.45, 2.75) is 11.3 Å². The maximum Gasteiger partial charge on any atom is 0.254 e. The minimum Gasteiger partial charge on any atom is -0.378 e. The van der Waals surface area contributed by atoms with Gasteiger partial charge in [-0.2, -0.15) is 0 Å². The number of nitrogens with two attached hydrogens (primary N) is 1. The standard InChI is InChI=1S/C17H21N5O4S/c18-27(24,25)15-3-1-13(2-4-15)5-6-19-16(23)14-11-20-17(21-12-14)22-7-9-26-10-8-22/h1-4,11-12H,5-10H2,(H,19,23)(H2,18,24,25). The van der Waals surface area contributed by atoms with Gasteiger partial charge in [0.1, 0.15) is 0 Å². The molecule has 3 N–H and O–H groups in total. The number of carbonyl (C=O) groups excluding carboxylic acids is 1. The Morgan fingerprint density at radius 3 is 2.37 bits per heavy atom. The number of anilines is 1. The Morgan fingerprint density at radius 2 is 1.78 bits per heavy atom. The third kappa shape index (κ3) is 5.22. The molecule has 0 radical (unpaired) electrons. The lowest BCUT2D eigenvalue weighted by Gasteiger charge is -2.26. The number of morpholine rings is 1. The number of ether oxygens (including phenoxy) is 1.